The Hall–Kier alpha value is -1.50. The van der Waals surface area contributed by atoms with Crippen LogP contribution in [-0.4, -0.2) is 28.8 Å². The van der Waals surface area contributed by atoms with Crippen LogP contribution in [0, 0.1) is 0 Å². The average molecular weight is 229 g/mol. The lowest BCUT2D eigenvalue weighted by Gasteiger charge is -2.05. The molecule has 0 amide bonds. The van der Waals surface area contributed by atoms with E-state index < -0.39 is 20.2 Å². The molecule has 0 fully saturated rings. The van der Waals surface area contributed by atoms with Crippen LogP contribution in [0.25, 0.3) is 0 Å². The Balaban J connectivity index is 3.17. The molecule has 0 aromatic carbocycles. The molecule has 82 valence electrons. The lowest BCUT2D eigenvalue weighted by atomic mass is 10.5. The Kier molecular flexibility index (Phi) is 3.04. The number of carbonyl (C=O) groups excluding carboxylic acids is 1. The number of sulfone groups is 1. The summed E-state index contributed by atoms with van der Waals surface area (Å²) in [5, 5.41) is -1.83. The van der Waals surface area contributed by atoms with Crippen molar-refractivity contribution in [1.29, 1.82) is 0 Å². The lowest BCUT2D eigenvalue weighted by molar-refractivity contribution is 0.107. The van der Waals surface area contributed by atoms with Crippen molar-refractivity contribution >= 4 is 20.8 Å². The third kappa shape index (κ3) is 2.30. The lowest BCUT2D eigenvalue weighted by Crippen LogP contribution is -2.25. The summed E-state index contributed by atoms with van der Waals surface area (Å²) >= 11 is 0. The highest BCUT2D eigenvalue weighted by atomic mass is 32.2. The van der Waals surface area contributed by atoms with Gasteiger partial charge in [0.1, 0.15) is 11.5 Å². The highest BCUT2D eigenvalue weighted by Gasteiger charge is 2.28. The average Bonchev–Trinajstić information content (AvgIpc) is 2.16. The molecule has 6 nitrogen and oxygen atoms in total. The molecule has 0 saturated carbocycles. The van der Waals surface area contributed by atoms with Gasteiger partial charge in [0.05, 0.1) is 17.6 Å². The first kappa shape index (κ1) is 11.6. The molecule has 0 saturated heterocycles. The molecule has 0 aliphatic heterocycles. The van der Waals surface area contributed by atoms with Gasteiger partial charge in [-0.1, -0.05) is 0 Å². The maximum Gasteiger partial charge on any atom is 0.296 e. The van der Waals surface area contributed by atoms with Gasteiger partial charge in [0.2, 0.25) is 9.84 Å². The largest absolute Gasteiger partial charge is 0.382 e. The number of hydrogen-bond donors (Lipinski definition) is 1. The Morgan fingerprint density at radius 1 is 1.40 bits per heavy atom. The zero-order chi connectivity index (χ0) is 11.6. The smallest absolute Gasteiger partial charge is 0.296 e. The number of aromatic nitrogens is 2. The SMILES string of the molecule is CC(C)S(=O)(=O)C(=O)c1cncc(N)n1. The van der Waals surface area contributed by atoms with Gasteiger partial charge in [-0.05, 0) is 13.8 Å². The number of nitrogens with two attached hydrogens (primary N) is 1. The minimum absolute atomic E-state index is 0.0137. The number of nitrogens with zero attached hydrogens (tertiary/aromatic N) is 2. The van der Waals surface area contributed by atoms with Crippen molar-refractivity contribution < 1.29 is 13.2 Å². The molecule has 0 unspecified atom stereocenters. The molecule has 1 aromatic heterocycles. The Bertz CT molecular complexity index is 482. The molecular formula is C8H11N3O3S. The highest BCUT2D eigenvalue weighted by Crippen LogP contribution is 2.09. The van der Waals surface area contributed by atoms with Crippen molar-refractivity contribution in [3.8, 4) is 0 Å². The standard InChI is InChI=1S/C8H11N3O3S/c1-5(2)15(13,14)8(12)6-3-10-4-7(9)11-6/h3-5H,1-2H3,(H2,9,11). The molecule has 0 radical (unpaired) electrons. The molecule has 15 heavy (non-hydrogen) atoms. The Labute approximate surface area is 87.5 Å². The van der Waals surface area contributed by atoms with Crippen molar-refractivity contribution in [2.45, 2.75) is 19.1 Å². The molecule has 1 rings (SSSR count). The predicted octanol–water partition coefficient (Wildman–Crippen LogP) is 0.0222. The molecule has 2 N–H and O–H groups in total. The van der Waals surface area contributed by atoms with Gasteiger partial charge in [0, 0.05) is 0 Å². The maximum absolute atomic E-state index is 11.5. The molecule has 0 aliphatic rings. The summed E-state index contributed by atoms with van der Waals surface area (Å²) in [6, 6.07) is 0. The first-order valence-electron chi connectivity index (χ1n) is 4.21. The summed E-state index contributed by atoms with van der Waals surface area (Å²) in [5.74, 6) is 0.0137. The van der Waals surface area contributed by atoms with Crippen LogP contribution in [0.3, 0.4) is 0 Å². The molecule has 0 atom stereocenters. The van der Waals surface area contributed by atoms with Crippen molar-refractivity contribution in [2.24, 2.45) is 0 Å². The highest BCUT2D eigenvalue weighted by molar-refractivity contribution is 8.07. The van der Waals surface area contributed by atoms with Crippen LogP contribution in [0.4, 0.5) is 5.82 Å². The molecular weight excluding hydrogens is 218 g/mol. The topological polar surface area (TPSA) is 103 Å². The number of hydrogen-bond acceptors (Lipinski definition) is 6. The fourth-order valence-corrected chi connectivity index (χ4v) is 1.66. The quantitative estimate of drug-likeness (QED) is 0.766. The van der Waals surface area contributed by atoms with Gasteiger partial charge >= 0.3 is 0 Å². The molecule has 7 heteroatoms. The molecule has 0 bridgehead atoms. The molecule has 0 spiro atoms. The van der Waals surface area contributed by atoms with Crippen LogP contribution in [0.2, 0.25) is 0 Å². The van der Waals surface area contributed by atoms with E-state index in [1.54, 1.807) is 0 Å². The number of carbonyl (C=O) groups is 1. The zero-order valence-corrected chi connectivity index (χ0v) is 9.15. The van der Waals surface area contributed by atoms with Crippen LogP contribution in [-0.2, 0) is 9.84 Å². The van der Waals surface area contributed by atoms with E-state index in [0.717, 1.165) is 6.20 Å². The van der Waals surface area contributed by atoms with Crippen LogP contribution in [0.1, 0.15) is 24.3 Å². The van der Waals surface area contributed by atoms with Crippen molar-refractivity contribution in [1.82, 2.24) is 9.97 Å². The summed E-state index contributed by atoms with van der Waals surface area (Å²) in [5.41, 5.74) is 5.05. The monoisotopic (exact) mass is 229 g/mol. The predicted molar refractivity (Wildman–Crippen MR) is 54.8 cm³/mol. The minimum Gasteiger partial charge on any atom is -0.382 e. The van der Waals surface area contributed by atoms with Gasteiger partial charge in [0.25, 0.3) is 5.12 Å². The molecule has 0 aliphatic carbocycles. The van der Waals surface area contributed by atoms with E-state index in [2.05, 4.69) is 9.97 Å². The summed E-state index contributed by atoms with van der Waals surface area (Å²) in [7, 11) is -3.84. The normalized spacial score (nSPS) is 11.7. The van der Waals surface area contributed by atoms with Gasteiger partial charge in [-0.2, -0.15) is 0 Å². The second kappa shape index (κ2) is 3.93. The van der Waals surface area contributed by atoms with Crippen molar-refractivity contribution in [3.63, 3.8) is 0 Å². The van der Waals surface area contributed by atoms with Crippen molar-refractivity contribution in [3.05, 3.63) is 18.1 Å². The van der Waals surface area contributed by atoms with Gasteiger partial charge in [-0.25, -0.2) is 13.4 Å². The second-order valence-electron chi connectivity index (χ2n) is 3.21. The summed E-state index contributed by atoms with van der Waals surface area (Å²) in [6.07, 6.45) is 2.32. The van der Waals surface area contributed by atoms with E-state index in [1.807, 2.05) is 0 Å². The Morgan fingerprint density at radius 2 is 2.00 bits per heavy atom. The van der Waals surface area contributed by atoms with E-state index in [1.165, 1.54) is 20.0 Å². The third-order valence-electron chi connectivity index (χ3n) is 1.74. The van der Waals surface area contributed by atoms with E-state index >= 15 is 0 Å². The van der Waals surface area contributed by atoms with E-state index in [0.29, 0.717) is 0 Å². The van der Waals surface area contributed by atoms with Gasteiger partial charge in [-0.15, -0.1) is 0 Å². The third-order valence-corrected chi connectivity index (χ3v) is 3.71. The van der Waals surface area contributed by atoms with E-state index in [9.17, 15) is 13.2 Å². The Morgan fingerprint density at radius 3 is 2.47 bits per heavy atom. The zero-order valence-electron chi connectivity index (χ0n) is 8.34. The fourth-order valence-electron chi connectivity index (χ4n) is 0.839. The van der Waals surface area contributed by atoms with Crippen LogP contribution >= 0.6 is 0 Å². The van der Waals surface area contributed by atoms with Crippen molar-refractivity contribution in [2.75, 3.05) is 5.73 Å². The van der Waals surface area contributed by atoms with Gasteiger partial charge in [0.15, 0.2) is 0 Å². The van der Waals surface area contributed by atoms with E-state index in [4.69, 9.17) is 5.73 Å². The second-order valence-corrected chi connectivity index (χ2v) is 5.61. The van der Waals surface area contributed by atoms with Crippen LogP contribution < -0.4 is 5.73 Å². The summed E-state index contributed by atoms with van der Waals surface area (Å²) in [6.45, 7) is 2.85. The first-order chi connectivity index (χ1) is 6.85. The minimum atomic E-state index is -3.84. The molecule has 1 aromatic rings. The van der Waals surface area contributed by atoms with Gasteiger partial charge in [-0.3, -0.25) is 9.78 Å². The van der Waals surface area contributed by atoms with Crippen LogP contribution in [0.5, 0.6) is 0 Å². The number of anilines is 1. The molecule has 1 heterocycles. The number of rotatable bonds is 2. The van der Waals surface area contributed by atoms with Gasteiger partial charge < -0.3 is 5.73 Å². The summed E-state index contributed by atoms with van der Waals surface area (Å²) in [4.78, 5) is 18.7. The maximum atomic E-state index is 11.5. The van der Waals surface area contributed by atoms with Crippen LogP contribution in [0.15, 0.2) is 12.4 Å². The fraction of sp³-hybridized carbons (Fsp3) is 0.375. The first-order valence-corrected chi connectivity index (χ1v) is 5.76. The van der Waals surface area contributed by atoms with E-state index in [-0.39, 0.29) is 11.5 Å². The number of nitrogen functional groups attached to an aromatic ring is 1. The summed E-state index contributed by atoms with van der Waals surface area (Å²) < 4.78 is 23.0.